The number of carbonyl (C=O) groups is 1. The Hall–Kier alpha value is -2.68. The van der Waals surface area contributed by atoms with Crippen molar-refractivity contribution in [3.05, 3.63) is 57.6 Å². The summed E-state index contributed by atoms with van der Waals surface area (Å²) < 4.78 is 11.1. The molecule has 0 aliphatic rings. The second-order valence-corrected chi connectivity index (χ2v) is 6.16. The molecule has 0 aromatic heterocycles. The summed E-state index contributed by atoms with van der Waals surface area (Å²) in [7, 11) is 0. The number of hydrogen-bond acceptors (Lipinski definition) is 4. The van der Waals surface area contributed by atoms with Crippen molar-refractivity contribution in [3.8, 4) is 17.6 Å². The molecule has 0 radical (unpaired) electrons. The Morgan fingerprint density at radius 2 is 1.74 bits per heavy atom. The van der Waals surface area contributed by atoms with E-state index in [1.807, 2.05) is 19.9 Å². The molecule has 5 nitrogen and oxygen atoms in total. The smallest absolute Gasteiger partial charge is 0.266 e. The molecule has 0 saturated heterocycles. The first-order valence-electron chi connectivity index (χ1n) is 8.26. The molecule has 140 valence electrons. The van der Waals surface area contributed by atoms with Crippen LogP contribution in [0.2, 0.25) is 10.0 Å². The summed E-state index contributed by atoms with van der Waals surface area (Å²) >= 11 is 12.1. The second-order valence-electron chi connectivity index (χ2n) is 5.32. The number of ether oxygens (including phenoxy) is 2. The van der Waals surface area contributed by atoms with E-state index in [0.29, 0.717) is 46.0 Å². The normalized spacial score (nSPS) is 10.9. The lowest BCUT2D eigenvalue weighted by atomic mass is 10.1. The van der Waals surface area contributed by atoms with Gasteiger partial charge >= 0.3 is 0 Å². The van der Waals surface area contributed by atoms with Crippen LogP contribution < -0.4 is 14.8 Å². The monoisotopic (exact) mass is 404 g/mol. The van der Waals surface area contributed by atoms with Crippen LogP contribution in [-0.2, 0) is 4.79 Å². The Labute approximate surface area is 168 Å². The Kier molecular flexibility index (Phi) is 7.54. The van der Waals surface area contributed by atoms with Gasteiger partial charge in [-0.2, -0.15) is 5.26 Å². The first-order valence-corrected chi connectivity index (χ1v) is 9.01. The number of halogens is 2. The first-order chi connectivity index (χ1) is 13.0. The highest BCUT2D eigenvalue weighted by molar-refractivity contribution is 6.32. The zero-order chi connectivity index (χ0) is 19.8. The number of hydrogen-bond donors (Lipinski definition) is 1. The van der Waals surface area contributed by atoms with E-state index >= 15 is 0 Å². The van der Waals surface area contributed by atoms with Gasteiger partial charge in [-0.15, -0.1) is 0 Å². The van der Waals surface area contributed by atoms with E-state index in [2.05, 4.69) is 5.32 Å². The Morgan fingerprint density at radius 3 is 2.33 bits per heavy atom. The number of nitrogens with one attached hydrogen (secondary N) is 1. The summed E-state index contributed by atoms with van der Waals surface area (Å²) in [5.74, 6) is 0.397. The first kappa shape index (κ1) is 20.6. The summed E-state index contributed by atoms with van der Waals surface area (Å²) in [6, 6.07) is 11.7. The fraction of sp³-hybridized carbons (Fsp3) is 0.200. The van der Waals surface area contributed by atoms with E-state index < -0.39 is 5.91 Å². The predicted octanol–water partition coefficient (Wildman–Crippen LogP) is 5.34. The summed E-state index contributed by atoms with van der Waals surface area (Å²) in [4.78, 5) is 12.4. The fourth-order valence-electron chi connectivity index (χ4n) is 2.25. The van der Waals surface area contributed by atoms with Crippen LogP contribution in [0.5, 0.6) is 11.5 Å². The van der Waals surface area contributed by atoms with Gasteiger partial charge < -0.3 is 14.8 Å². The van der Waals surface area contributed by atoms with Gasteiger partial charge in [-0.25, -0.2) is 0 Å². The third-order valence-corrected chi connectivity index (χ3v) is 3.98. The molecule has 27 heavy (non-hydrogen) atoms. The predicted molar refractivity (Wildman–Crippen MR) is 107 cm³/mol. The van der Waals surface area contributed by atoms with E-state index in [4.69, 9.17) is 32.7 Å². The number of nitriles is 1. The molecule has 0 heterocycles. The summed E-state index contributed by atoms with van der Waals surface area (Å²) in [6.07, 6.45) is 1.43. The van der Waals surface area contributed by atoms with E-state index in [9.17, 15) is 10.1 Å². The van der Waals surface area contributed by atoms with Gasteiger partial charge in [0, 0.05) is 22.3 Å². The SMILES string of the molecule is CCOc1cc(OCC)c(/C=C(\C#N)C(=O)Nc2ccc(Cl)cc2)cc1Cl. The van der Waals surface area contributed by atoms with Crippen molar-refractivity contribution < 1.29 is 14.3 Å². The van der Waals surface area contributed by atoms with Gasteiger partial charge in [-0.3, -0.25) is 4.79 Å². The third kappa shape index (κ3) is 5.65. The van der Waals surface area contributed by atoms with Crippen LogP contribution in [0.15, 0.2) is 42.0 Å². The largest absolute Gasteiger partial charge is 0.493 e. The molecule has 0 unspecified atom stereocenters. The number of anilines is 1. The number of benzene rings is 2. The van der Waals surface area contributed by atoms with Crippen molar-refractivity contribution in [1.82, 2.24) is 0 Å². The number of carbonyl (C=O) groups excluding carboxylic acids is 1. The molecule has 0 aliphatic carbocycles. The molecule has 2 rings (SSSR count). The molecule has 2 aromatic rings. The molecular formula is C20H18Cl2N2O3. The van der Waals surface area contributed by atoms with E-state index in [0.717, 1.165) is 0 Å². The van der Waals surface area contributed by atoms with Gasteiger partial charge in [-0.1, -0.05) is 23.2 Å². The van der Waals surface area contributed by atoms with Crippen molar-refractivity contribution >= 4 is 40.9 Å². The molecule has 0 fully saturated rings. The highest BCUT2D eigenvalue weighted by Crippen LogP contribution is 2.34. The lowest BCUT2D eigenvalue weighted by Crippen LogP contribution is -2.13. The molecule has 0 aliphatic heterocycles. The maximum absolute atomic E-state index is 12.4. The highest BCUT2D eigenvalue weighted by atomic mass is 35.5. The number of nitrogens with zero attached hydrogens (tertiary/aromatic N) is 1. The van der Waals surface area contributed by atoms with E-state index in [1.165, 1.54) is 6.08 Å². The van der Waals surface area contributed by atoms with Crippen LogP contribution in [0.1, 0.15) is 19.4 Å². The molecule has 1 N–H and O–H groups in total. The minimum absolute atomic E-state index is 0.0915. The van der Waals surface area contributed by atoms with Crippen molar-refractivity contribution in [2.75, 3.05) is 18.5 Å². The fourth-order valence-corrected chi connectivity index (χ4v) is 2.60. The van der Waals surface area contributed by atoms with Gasteiger partial charge in [0.25, 0.3) is 5.91 Å². The molecule has 0 bridgehead atoms. The quantitative estimate of drug-likeness (QED) is 0.499. The maximum Gasteiger partial charge on any atom is 0.266 e. The van der Waals surface area contributed by atoms with Crippen LogP contribution in [0.25, 0.3) is 6.08 Å². The lowest BCUT2D eigenvalue weighted by Gasteiger charge is -2.12. The minimum atomic E-state index is -0.549. The number of amides is 1. The van der Waals surface area contributed by atoms with E-state index in [1.54, 1.807) is 36.4 Å². The van der Waals surface area contributed by atoms with Gasteiger partial charge in [0.15, 0.2) is 0 Å². The van der Waals surface area contributed by atoms with Crippen LogP contribution in [0.3, 0.4) is 0 Å². The molecule has 2 aromatic carbocycles. The zero-order valence-corrected chi connectivity index (χ0v) is 16.4. The molecule has 7 heteroatoms. The van der Waals surface area contributed by atoms with Crippen LogP contribution in [0.4, 0.5) is 5.69 Å². The highest BCUT2D eigenvalue weighted by Gasteiger charge is 2.14. The average Bonchev–Trinajstić information content (AvgIpc) is 2.65. The van der Waals surface area contributed by atoms with Crippen molar-refractivity contribution in [2.45, 2.75) is 13.8 Å². The van der Waals surface area contributed by atoms with Gasteiger partial charge in [0.2, 0.25) is 0 Å². The lowest BCUT2D eigenvalue weighted by molar-refractivity contribution is -0.112. The second kappa shape index (κ2) is 9.86. The van der Waals surface area contributed by atoms with Crippen LogP contribution in [0, 0.1) is 11.3 Å². The number of rotatable bonds is 7. The van der Waals surface area contributed by atoms with E-state index in [-0.39, 0.29) is 5.57 Å². The minimum Gasteiger partial charge on any atom is -0.493 e. The summed E-state index contributed by atoms with van der Waals surface area (Å²) in [6.45, 7) is 4.54. The van der Waals surface area contributed by atoms with Crippen molar-refractivity contribution in [1.29, 1.82) is 5.26 Å². The molecule has 1 amide bonds. The van der Waals surface area contributed by atoms with Crippen LogP contribution in [-0.4, -0.2) is 19.1 Å². The van der Waals surface area contributed by atoms with Crippen molar-refractivity contribution in [3.63, 3.8) is 0 Å². The Morgan fingerprint density at radius 1 is 1.11 bits per heavy atom. The summed E-state index contributed by atoms with van der Waals surface area (Å²) in [5, 5.41) is 13.0. The molecule has 0 atom stereocenters. The average molecular weight is 405 g/mol. The third-order valence-electron chi connectivity index (χ3n) is 3.43. The zero-order valence-electron chi connectivity index (χ0n) is 14.9. The standard InChI is InChI=1S/C20H18Cl2N2O3/c1-3-26-18-11-19(27-4-2)17(22)10-13(18)9-14(12-23)20(25)24-16-7-5-15(21)6-8-16/h5-11H,3-4H2,1-2H3,(H,24,25)/b14-9+. The van der Waals surface area contributed by atoms with Gasteiger partial charge in [0.1, 0.15) is 23.1 Å². The molecular weight excluding hydrogens is 387 g/mol. The van der Waals surface area contributed by atoms with Gasteiger partial charge in [0.05, 0.1) is 18.2 Å². The molecule has 0 spiro atoms. The maximum atomic E-state index is 12.4. The topological polar surface area (TPSA) is 71.3 Å². The van der Waals surface area contributed by atoms with Gasteiger partial charge in [-0.05, 0) is 50.3 Å². The van der Waals surface area contributed by atoms with Crippen LogP contribution >= 0.6 is 23.2 Å². The summed E-state index contributed by atoms with van der Waals surface area (Å²) in [5.41, 5.74) is 0.944. The van der Waals surface area contributed by atoms with Crippen molar-refractivity contribution in [2.24, 2.45) is 0 Å². The Bertz CT molecular complexity index is 887. The Balaban J connectivity index is 2.35. The molecule has 0 saturated carbocycles.